The molecule has 6 rings (SSSR count). The van der Waals surface area contributed by atoms with Gasteiger partial charge in [0.25, 0.3) is 0 Å². The van der Waals surface area contributed by atoms with Gasteiger partial charge in [0.2, 0.25) is 0 Å². The molecular weight excluding hydrogens is 646 g/mol. The minimum absolute atomic E-state index is 0.0264. The lowest BCUT2D eigenvalue weighted by atomic mass is 9.42. The average Bonchev–Trinajstić information content (AvgIpc) is 3.06. The van der Waals surface area contributed by atoms with E-state index in [1.807, 2.05) is 13.8 Å². The first kappa shape index (κ1) is 35.1. The van der Waals surface area contributed by atoms with Crippen molar-refractivity contribution in [3.63, 3.8) is 0 Å². The number of benzene rings is 1. The van der Waals surface area contributed by atoms with Gasteiger partial charge in [-0.1, -0.05) is 26.0 Å². The normalized spacial score (nSPS) is 31.2. The fourth-order valence-electron chi connectivity index (χ4n) is 8.96. The number of aryl methyl sites for hydroxylation is 1. The van der Waals surface area contributed by atoms with Crippen molar-refractivity contribution in [3.05, 3.63) is 76.4 Å². The number of pyridine rings is 1. The molecule has 2 aliphatic carbocycles. The molecule has 3 aromatic rings. The van der Waals surface area contributed by atoms with Crippen LogP contribution in [0.3, 0.4) is 0 Å². The predicted molar refractivity (Wildman–Crippen MR) is 178 cm³/mol. The molecule has 0 radical (unpaired) electrons. The number of aromatic nitrogens is 1. The first-order valence-electron chi connectivity index (χ1n) is 16.9. The number of hydrogen-bond donors (Lipinski definition) is 2. The Hall–Kier alpha value is -4.71. The van der Waals surface area contributed by atoms with Crippen LogP contribution in [0, 0.1) is 22.7 Å². The lowest BCUT2D eigenvalue weighted by molar-refractivity contribution is -0.271. The zero-order chi connectivity index (χ0) is 36.0. The number of ether oxygens (including phenoxy) is 4. The molecule has 12 nitrogen and oxygen atoms in total. The number of hydrogen-bond acceptors (Lipinski definition) is 12. The number of rotatable bonds is 8. The maximum atomic E-state index is 13.6. The third kappa shape index (κ3) is 6.25. The number of aliphatic hydroxyl groups excluding tert-OH is 1. The summed E-state index contributed by atoms with van der Waals surface area (Å²) >= 11 is 0. The fourth-order valence-corrected chi connectivity index (χ4v) is 8.96. The quantitative estimate of drug-likeness (QED) is 0.238. The smallest absolute Gasteiger partial charge is 0.345 e. The van der Waals surface area contributed by atoms with Crippen LogP contribution in [0.5, 0.6) is 11.5 Å². The summed E-state index contributed by atoms with van der Waals surface area (Å²) in [4.78, 5) is 55.8. The molecule has 266 valence electrons. The minimum atomic E-state index is -1.39. The Bertz CT molecular complexity index is 1820. The number of aliphatic hydroxyl groups is 1. The van der Waals surface area contributed by atoms with Crippen molar-refractivity contribution in [1.82, 2.24) is 4.98 Å². The van der Waals surface area contributed by atoms with Crippen LogP contribution in [0.4, 0.5) is 0 Å². The first-order valence-corrected chi connectivity index (χ1v) is 16.9. The molecule has 2 saturated carbocycles. The van der Waals surface area contributed by atoms with Crippen LogP contribution in [0.15, 0.2) is 64.1 Å². The van der Waals surface area contributed by atoms with Gasteiger partial charge in [0, 0.05) is 55.6 Å². The molecule has 2 fully saturated rings. The average molecular weight is 690 g/mol. The monoisotopic (exact) mass is 689 g/mol. The fraction of sp³-hybridized carbons (Fsp3) is 0.500. The molecule has 2 N–H and O–H groups in total. The molecule has 0 saturated heterocycles. The van der Waals surface area contributed by atoms with Crippen molar-refractivity contribution in [2.75, 3.05) is 6.61 Å². The van der Waals surface area contributed by atoms with E-state index in [1.54, 1.807) is 61.8 Å². The summed E-state index contributed by atoms with van der Waals surface area (Å²) in [6, 6.07) is 11.5. The molecular formula is C38H43NO11. The van der Waals surface area contributed by atoms with Crippen molar-refractivity contribution in [1.29, 1.82) is 0 Å². The van der Waals surface area contributed by atoms with Gasteiger partial charge in [0.15, 0.2) is 0 Å². The molecule has 1 aromatic carbocycles. The van der Waals surface area contributed by atoms with Gasteiger partial charge in [-0.3, -0.25) is 19.4 Å². The van der Waals surface area contributed by atoms with Gasteiger partial charge in [-0.15, -0.1) is 0 Å². The summed E-state index contributed by atoms with van der Waals surface area (Å²) in [6.07, 6.45) is 1.62. The molecule has 3 heterocycles. The number of carbonyl (C=O) groups is 3. The van der Waals surface area contributed by atoms with Gasteiger partial charge >= 0.3 is 23.5 Å². The third-order valence-electron chi connectivity index (χ3n) is 11.3. The van der Waals surface area contributed by atoms with E-state index in [0.29, 0.717) is 24.8 Å². The maximum absolute atomic E-state index is 13.6. The van der Waals surface area contributed by atoms with E-state index < -0.39 is 70.1 Å². The van der Waals surface area contributed by atoms with Gasteiger partial charge < -0.3 is 33.6 Å². The highest BCUT2D eigenvalue weighted by Crippen LogP contribution is 2.67. The van der Waals surface area contributed by atoms with Crippen LogP contribution < -0.4 is 10.4 Å². The first-order chi connectivity index (χ1) is 23.7. The van der Waals surface area contributed by atoms with Gasteiger partial charge in [0.05, 0.1) is 6.10 Å². The van der Waals surface area contributed by atoms with Crippen LogP contribution >= 0.6 is 0 Å². The Labute approximate surface area is 289 Å². The second-order valence-corrected chi connectivity index (χ2v) is 14.5. The van der Waals surface area contributed by atoms with E-state index in [1.165, 1.54) is 13.8 Å². The van der Waals surface area contributed by atoms with E-state index in [9.17, 15) is 29.4 Å². The highest BCUT2D eigenvalue weighted by molar-refractivity contribution is 5.70. The van der Waals surface area contributed by atoms with Crippen molar-refractivity contribution >= 4 is 17.9 Å². The van der Waals surface area contributed by atoms with Crippen LogP contribution in [-0.4, -0.2) is 57.5 Å². The van der Waals surface area contributed by atoms with E-state index in [0.717, 1.165) is 5.56 Å². The summed E-state index contributed by atoms with van der Waals surface area (Å²) in [5, 5.41) is 22.0. The predicted octanol–water partition coefficient (Wildman–Crippen LogP) is 5.07. The van der Waals surface area contributed by atoms with E-state index in [4.69, 9.17) is 23.4 Å². The second-order valence-electron chi connectivity index (χ2n) is 14.5. The Morgan fingerprint density at radius 2 is 1.76 bits per heavy atom. The highest BCUT2D eigenvalue weighted by Gasteiger charge is 2.71. The van der Waals surface area contributed by atoms with E-state index in [2.05, 4.69) is 4.98 Å². The summed E-state index contributed by atoms with van der Waals surface area (Å²) in [6.45, 7) is 8.22. The lowest BCUT2D eigenvalue weighted by Crippen LogP contribution is -2.71. The van der Waals surface area contributed by atoms with Gasteiger partial charge in [0.1, 0.15) is 47.2 Å². The number of aromatic hydroxyl groups is 1. The minimum Gasteiger partial charge on any atom is -0.508 e. The van der Waals surface area contributed by atoms with Crippen LogP contribution in [0.2, 0.25) is 0 Å². The molecule has 1 aliphatic heterocycles. The van der Waals surface area contributed by atoms with E-state index in [-0.39, 0.29) is 42.3 Å². The molecule has 2 aromatic heterocycles. The van der Waals surface area contributed by atoms with Crippen molar-refractivity contribution in [2.24, 2.45) is 22.7 Å². The summed E-state index contributed by atoms with van der Waals surface area (Å²) < 4.78 is 30.2. The number of phenolic OH excluding ortho intramolecular Hbond substituents is 1. The third-order valence-corrected chi connectivity index (χ3v) is 11.3. The number of phenols is 1. The van der Waals surface area contributed by atoms with Gasteiger partial charge in [-0.25, -0.2) is 4.79 Å². The molecule has 0 spiro atoms. The Balaban J connectivity index is 1.44. The standard InChI is InChI=1S/C38H43NO11/c1-21(40)46-20-37(4)28-18-30(49-31(43)13-10-23-8-11-25(42)12-9-23)38(5)34(36(28,3)15-14-29(37)47-22(2)41)33(44)32-27(50-38)17-26(48-35(32)45)24-7-6-16-39-19-24/h6-9,11-12,16-17,19,28-30,33-34,42,44H,10,13-15,18,20H2,1-5H3/t28?,29-,30-,33-,34?,36-,37?,38+/m0/s1. The van der Waals surface area contributed by atoms with Crippen LogP contribution in [-0.2, 0) is 35.0 Å². The van der Waals surface area contributed by atoms with E-state index >= 15 is 0 Å². The molecule has 3 aliphatic rings. The topological polar surface area (TPSA) is 172 Å². The van der Waals surface area contributed by atoms with Crippen LogP contribution in [0.1, 0.15) is 77.5 Å². The summed E-state index contributed by atoms with van der Waals surface area (Å²) in [5.74, 6) is -2.30. The molecule has 0 amide bonds. The molecule has 12 heteroatoms. The zero-order valence-corrected chi connectivity index (χ0v) is 28.8. The summed E-state index contributed by atoms with van der Waals surface area (Å²) in [5.41, 5.74) is -2.52. The van der Waals surface area contributed by atoms with Crippen molar-refractivity contribution < 1.29 is 48.0 Å². The zero-order valence-electron chi connectivity index (χ0n) is 28.8. The largest absolute Gasteiger partial charge is 0.508 e. The van der Waals surface area contributed by atoms with Crippen molar-refractivity contribution in [2.45, 2.75) is 90.6 Å². The number of esters is 3. The lowest BCUT2D eigenvalue weighted by Gasteiger charge is -2.66. The summed E-state index contributed by atoms with van der Waals surface area (Å²) in [7, 11) is 0. The molecule has 0 bridgehead atoms. The molecule has 3 unspecified atom stereocenters. The van der Waals surface area contributed by atoms with Crippen molar-refractivity contribution in [3.8, 4) is 22.8 Å². The number of fused-ring (bicyclic) bond motifs is 4. The SMILES string of the molecule is CC(=O)OCC1(C)C2C[C@H](OC(=O)CCc3ccc(O)cc3)[C@@]3(C)Oc4cc(-c5cccnc5)oc(=O)c4[C@H](O)C3[C@@]2(C)CC[C@@H]1OC(C)=O. The Morgan fingerprint density at radius 1 is 1.02 bits per heavy atom. The highest BCUT2D eigenvalue weighted by atomic mass is 16.6. The number of carbonyl (C=O) groups excluding carboxylic acids is 3. The molecule has 50 heavy (non-hydrogen) atoms. The molecule has 8 atom stereocenters. The number of nitrogens with zero attached hydrogens (tertiary/aromatic N) is 1. The van der Waals surface area contributed by atoms with Crippen LogP contribution in [0.25, 0.3) is 11.3 Å². The Kier molecular flexibility index (Phi) is 9.28. The second kappa shape index (κ2) is 13.2. The maximum Gasteiger partial charge on any atom is 0.345 e. The Morgan fingerprint density at radius 3 is 2.42 bits per heavy atom. The van der Waals surface area contributed by atoms with Gasteiger partial charge in [-0.05, 0) is 73.8 Å². The van der Waals surface area contributed by atoms with Gasteiger partial charge in [-0.2, -0.15) is 0 Å².